The lowest BCUT2D eigenvalue weighted by molar-refractivity contribution is 0.0979. The van der Waals surface area contributed by atoms with E-state index >= 15 is 0 Å². The second-order valence-corrected chi connectivity index (χ2v) is 7.12. The van der Waals surface area contributed by atoms with E-state index in [1.165, 1.54) is 0 Å². The van der Waals surface area contributed by atoms with Gasteiger partial charge >= 0.3 is 0 Å². The van der Waals surface area contributed by atoms with Crippen LogP contribution >= 0.6 is 46.4 Å². The molecule has 0 unspecified atom stereocenters. The largest absolute Gasteiger partial charge is 0.332 e. The second kappa shape index (κ2) is 7.46. The van der Waals surface area contributed by atoms with Gasteiger partial charge in [0.05, 0.1) is 0 Å². The van der Waals surface area contributed by atoms with Gasteiger partial charge in [-0.15, -0.1) is 0 Å². The van der Waals surface area contributed by atoms with Crippen molar-refractivity contribution in [1.29, 1.82) is 0 Å². The van der Waals surface area contributed by atoms with Gasteiger partial charge in [0.2, 0.25) is 0 Å². The monoisotopic (exact) mass is 466 g/mol. The number of amides is 1. The van der Waals surface area contributed by atoms with Crippen molar-refractivity contribution < 1.29 is 4.79 Å². The van der Waals surface area contributed by atoms with Gasteiger partial charge in [-0.1, -0.05) is 35.9 Å². The molecule has 0 aromatic heterocycles. The Balaban J connectivity index is 1.79. The number of halogens is 2. The van der Waals surface area contributed by atoms with Gasteiger partial charge in [-0.2, -0.15) is 0 Å². The number of carbonyl (C=O) groups is 1. The predicted octanol–water partition coefficient (Wildman–Crippen LogP) is 5.22. The molecule has 3 aromatic rings. The first-order valence-corrected chi connectivity index (χ1v) is 8.96. The van der Waals surface area contributed by atoms with Gasteiger partial charge in [-0.25, -0.2) is 0 Å². The molecule has 0 aliphatic heterocycles. The first-order valence-electron chi connectivity index (χ1n) is 7.10. The van der Waals surface area contributed by atoms with Crippen LogP contribution in [-0.2, 0) is 0 Å². The molecule has 0 aliphatic rings. The third kappa shape index (κ3) is 3.85. The number of benzene rings is 3. The molecule has 0 bridgehead atoms. The number of thiocarbonyl (C=S) groups is 1. The molecule has 3 nitrogen and oxygen atoms in total. The van der Waals surface area contributed by atoms with E-state index in [4.69, 9.17) is 23.8 Å². The summed E-state index contributed by atoms with van der Waals surface area (Å²) in [6.45, 7) is 0. The van der Waals surface area contributed by atoms with Gasteiger partial charge in [-0.3, -0.25) is 10.1 Å². The summed E-state index contributed by atoms with van der Waals surface area (Å²) >= 11 is 13.6. The minimum atomic E-state index is -0.272. The summed E-state index contributed by atoms with van der Waals surface area (Å²) in [5.74, 6) is -0.272. The first-order chi connectivity index (χ1) is 11.5. The molecule has 0 heterocycles. The molecule has 0 atom stereocenters. The summed E-state index contributed by atoms with van der Waals surface area (Å²) in [5, 5.41) is 8.20. The van der Waals surface area contributed by atoms with Crippen LogP contribution in [0.5, 0.6) is 0 Å². The van der Waals surface area contributed by atoms with E-state index < -0.39 is 0 Å². The smallest absolute Gasteiger partial charge is 0.258 e. The van der Waals surface area contributed by atoms with E-state index in [1.54, 1.807) is 18.2 Å². The maximum absolute atomic E-state index is 12.5. The van der Waals surface area contributed by atoms with E-state index in [0.29, 0.717) is 10.6 Å². The zero-order chi connectivity index (χ0) is 17.1. The molecule has 2 N–H and O–H groups in total. The van der Waals surface area contributed by atoms with Crippen molar-refractivity contribution in [2.45, 2.75) is 0 Å². The Labute approximate surface area is 163 Å². The van der Waals surface area contributed by atoms with Crippen LogP contribution < -0.4 is 10.6 Å². The Kier molecular flexibility index (Phi) is 5.33. The van der Waals surface area contributed by atoms with E-state index in [-0.39, 0.29) is 11.0 Å². The van der Waals surface area contributed by atoms with Gasteiger partial charge in [0.25, 0.3) is 5.91 Å². The van der Waals surface area contributed by atoms with Crippen LogP contribution in [0.3, 0.4) is 0 Å². The highest BCUT2D eigenvalue weighted by atomic mass is 127. The quantitative estimate of drug-likeness (QED) is 0.402. The van der Waals surface area contributed by atoms with Crippen LogP contribution in [0.4, 0.5) is 5.69 Å². The fourth-order valence-electron chi connectivity index (χ4n) is 2.34. The standard InChI is InChI=1S/C18H12ClIN2OS/c19-16-6-2-3-13-14(16)4-1-5-15(13)17(23)22-18(24)21-12-9-7-11(20)8-10-12/h1-10H,(H2,21,22,23,24). The molecular weight excluding hydrogens is 455 g/mol. The van der Waals surface area contributed by atoms with Gasteiger partial charge in [0.1, 0.15) is 0 Å². The van der Waals surface area contributed by atoms with Crippen LogP contribution in [0.2, 0.25) is 5.02 Å². The van der Waals surface area contributed by atoms with Gasteiger partial charge in [0, 0.05) is 25.2 Å². The molecule has 3 rings (SSSR count). The zero-order valence-electron chi connectivity index (χ0n) is 12.3. The van der Waals surface area contributed by atoms with Crippen molar-refractivity contribution in [3.05, 3.63) is 74.8 Å². The van der Waals surface area contributed by atoms with Crippen molar-refractivity contribution in [3.63, 3.8) is 0 Å². The average molecular weight is 467 g/mol. The lowest BCUT2D eigenvalue weighted by Gasteiger charge is -2.11. The van der Waals surface area contributed by atoms with Crippen LogP contribution in [-0.4, -0.2) is 11.0 Å². The summed E-state index contributed by atoms with van der Waals surface area (Å²) in [6.07, 6.45) is 0. The molecule has 24 heavy (non-hydrogen) atoms. The lowest BCUT2D eigenvalue weighted by Crippen LogP contribution is -2.34. The van der Waals surface area contributed by atoms with Gasteiger partial charge in [-0.05, 0) is 76.6 Å². The summed E-state index contributed by atoms with van der Waals surface area (Å²) in [7, 11) is 0. The first kappa shape index (κ1) is 17.1. The van der Waals surface area contributed by atoms with Crippen molar-refractivity contribution in [2.24, 2.45) is 0 Å². The maximum Gasteiger partial charge on any atom is 0.258 e. The minimum absolute atomic E-state index is 0.250. The Bertz CT molecular complexity index is 928. The van der Waals surface area contributed by atoms with Crippen LogP contribution in [0, 0.1) is 3.57 Å². The summed E-state index contributed by atoms with van der Waals surface area (Å²) in [6, 6.07) is 18.6. The maximum atomic E-state index is 12.5. The molecule has 0 radical (unpaired) electrons. The number of nitrogens with one attached hydrogen (secondary N) is 2. The molecule has 3 aromatic carbocycles. The highest BCUT2D eigenvalue weighted by molar-refractivity contribution is 14.1. The zero-order valence-corrected chi connectivity index (χ0v) is 16.1. The number of rotatable bonds is 2. The third-order valence-corrected chi connectivity index (χ3v) is 4.70. The molecule has 0 saturated carbocycles. The molecule has 0 saturated heterocycles. The molecule has 1 amide bonds. The van der Waals surface area contributed by atoms with Gasteiger partial charge in [0.15, 0.2) is 5.11 Å². The average Bonchev–Trinajstić information content (AvgIpc) is 2.57. The third-order valence-electron chi connectivity index (χ3n) is 3.44. The molecule has 0 spiro atoms. The Morgan fingerprint density at radius 1 is 0.958 bits per heavy atom. The fraction of sp³-hybridized carbons (Fsp3) is 0. The number of carbonyl (C=O) groups excluding carboxylic acids is 1. The Hall–Kier alpha value is -1.70. The van der Waals surface area contributed by atoms with E-state index in [0.717, 1.165) is 20.0 Å². The SMILES string of the molecule is O=C(NC(=S)Nc1ccc(I)cc1)c1cccc2c(Cl)cccc12. The number of hydrogen-bond donors (Lipinski definition) is 2. The summed E-state index contributed by atoms with van der Waals surface area (Å²) < 4.78 is 1.13. The number of fused-ring (bicyclic) bond motifs is 1. The van der Waals surface area contributed by atoms with Crippen molar-refractivity contribution in [1.82, 2.24) is 5.32 Å². The molecule has 0 aliphatic carbocycles. The molecule has 120 valence electrons. The van der Waals surface area contributed by atoms with E-state index in [9.17, 15) is 4.79 Å². The van der Waals surface area contributed by atoms with Crippen molar-refractivity contribution in [3.8, 4) is 0 Å². The summed E-state index contributed by atoms with van der Waals surface area (Å²) in [5.41, 5.74) is 1.35. The van der Waals surface area contributed by atoms with E-state index in [2.05, 4.69) is 33.2 Å². The highest BCUT2D eigenvalue weighted by Crippen LogP contribution is 2.25. The molecule has 0 fully saturated rings. The minimum Gasteiger partial charge on any atom is -0.332 e. The topological polar surface area (TPSA) is 41.1 Å². The number of hydrogen-bond acceptors (Lipinski definition) is 2. The van der Waals surface area contributed by atoms with Crippen molar-refractivity contribution >= 4 is 73.9 Å². The number of anilines is 1. The Morgan fingerprint density at radius 3 is 2.38 bits per heavy atom. The van der Waals surface area contributed by atoms with Crippen LogP contribution in [0.1, 0.15) is 10.4 Å². The summed E-state index contributed by atoms with van der Waals surface area (Å²) in [4.78, 5) is 12.5. The lowest BCUT2D eigenvalue weighted by atomic mass is 10.0. The van der Waals surface area contributed by atoms with Crippen LogP contribution in [0.25, 0.3) is 10.8 Å². The van der Waals surface area contributed by atoms with E-state index in [1.807, 2.05) is 42.5 Å². The van der Waals surface area contributed by atoms with Gasteiger partial charge < -0.3 is 5.32 Å². The fourth-order valence-corrected chi connectivity index (χ4v) is 3.14. The normalized spacial score (nSPS) is 10.4. The molecular formula is C18H12ClIN2OS. The molecule has 6 heteroatoms. The van der Waals surface area contributed by atoms with Crippen LogP contribution in [0.15, 0.2) is 60.7 Å². The highest BCUT2D eigenvalue weighted by Gasteiger charge is 2.12. The Morgan fingerprint density at radius 2 is 1.62 bits per heavy atom. The second-order valence-electron chi connectivity index (χ2n) is 5.06. The predicted molar refractivity (Wildman–Crippen MR) is 112 cm³/mol. The van der Waals surface area contributed by atoms with Crippen molar-refractivity contribution in [2.75, 3.05) is 5.32 Å².